The summed E-state index contributed by atoms with van der Waals surface area (Å²) in [6.07, 6.45) is 0. The summed E-state index contributed by atoms with van der Waals surface area (Å²) in [5.74, 6) is 0.759. The fourth-order valence-corrected chi connectivity index (χ4v) is 2.62. The highest BCUT2D eigenvalue weighted by molar-refractivity contribution is 5.91. The van der Waals surface area contributed by atoms with Gasteiger partial charge < -0.3 is 19.5 Å². The van der Waals surface area contributed by atoms with Gasteiger partial charge in [0.2, 0.25) is 11.7 Å². The Balaban J connectivity index is 1.84. The van der Waals surface area contributed by atoms with E-state index in [0.717, 1.165) is 4.68 Å². The number of hydrogen-bond acceptors (Lipinski definition) is 7. The van der Waals surface area contributed by atoms with Crippen LogP contribution in [0.3, 0.4) is 0 Å². The van der Waals surface area contributed by atoms with Crippen LogP contribution in [0.5, 0.6) is 17.2 Å². The molecule has 0 aliphatic rings. The summed E-state index contributed by atoms with van der Waals surface area (Å²) in [4.78, 5) is 24.8. The molecule has 9 nitrogen and oxygen atoms in total. The van der Waals surface area contributed by atoms with Crippen LogP contribution in [0.25, 0.3) is 10.9 Å². The minimum Gasteiger partial charge on any atom is -0.493 e. The van der Waals surface area contributed by atoms with Crippen LogP contribution in [0, 0.1) is 0 Å². The fraction of sp³-hybridized carbons (Fsp3) is 0.222. The van der Waals surface area contributed by atoms with E-state index < -0.39 is 5.91 Å². The van der Waals surface area contributed by atoms with Crippen molar-refractivity contribution in [3.05, 3.63) is 46.8 Å². The maximum atomic E-state index is 12.4. The van der Waals surface area contributed by atoms with Gasteiger partial charge in [0.1, 0.15) is 12.1 Å². The van der Waals surface area contributed by atoms with Gasteiger partial charge in [-0.15, -0.1) is 5.10 Å². The van der Waals surface area contributed by atoms with E-state index in [1.54, 1.807) is 36.4 Å². The topological polar surface area (TPSA) is 105 Å². The zero-order valence-corrected chi connectivity index (χ0v) is 15.1. The number of ether oxygens (including phenoxy) is 3. The molecule has 0 saturated heterocycles. The van der Waals surface area contributed by atoms with E-state index >= 15 is 0 Å². The average molecular weight is 370 g/mol. The number of nitrogens with one attached hydrogen (secondary N) is 1. The maximum Gasteiger partial charge on any atom is 0.278 e. The van der Waals surface area contributed by atoms with Gasteiger partial charge in [0.05, 0.1) is 26.7 Å². The summed E-state index contributed by atoms with van der Waals surface area (Å²) in [5.41, 5.74) is 0.515. The van der Waals surface area contributed by atoms with Gasteiger partial charge in [0.25, 0.3) is 5.56 Å². The van der Waals surface area contributed by atoms with E-state index in [4.69, 9.17) is 14.2 Å². The second-order valence-electron chi connectivity index (χ2n) is 5.53. The molecular formula is C18H18N4O5. The molecule has 1 N–H and O–H groups in total. The van der Waals surface area contributed by atoms with Gasteiger partial charge in [0, 0.05) is 17.8 Å². The van der Waals surface area contributed by atoms with Crippen LogP contribution < -0.4 is 25.1 Å². The van der Waals surface area contributed by atoms with Crippen molar-refractivity contribution >= 4 is 22.5 Å². The highest BCUT2D eigenvalue weighted by Gasteiger charge is 2.15. The predicted molar refractivity (Wildman–Crippen MR) is 98.5 cm³/mol. The van der Waals surface area contributed by atoms with Crippen molar-refractivity contribution in [1.82, 2.24) is 15.0 Å². The van der Waals surface area contributed by atoms with Crippen molar-refractivity contribution in [2.45, 2.75) is 6.54 Å². The molecule has 9 heteroatoms. The monoisotopic (exact) mass is 370 g/mol. The Bertz CT molecular complexity index is 1020. The van der Waals surface area contributed by atoms with E-state index in [0.29, 0.717) is 33.8 Å². The molecule has 1 aromatic heterocycles. The minimum absolute atomic E-state index is 0.284. The van der Waals surface area contributed by atoms with Crippen LogP contribution >= 0.6 is 0 Å². The lowest BCUT2D eigenvalue weighted by atomic mass is 10.2. The maximum absolute atomic E-state index is 12.4. The number of carbonyl (C=O) groups is 1. The van der Waals surface area contributed by atoms with E-state index in [1.165, 1.54) is 21.3 Å². The molecule has 2 aromatic carbocycles. The van der Waals surface area contributed by atoms with Crippen molar-refractivity contribution in [2.24, 2.45) is 0 Å². The largest absolute Gasteiger partial charge is 0.493 e. The third-order valence-corrected chi connectivity index (χ3v) is 3.87. The SMILES string of the molecule is COc1cc(NC(=O)Cn2nnc3ccccc3c2=O)cc(OC)c1OC. The van der Waals surface area contributed by atoms with Crippen LogP contribution in [0.2, 0.25) is 0 Å². The Morgan fingerprint density at radius 3 is 2.37 bits per heavy atom. The molecule has 0 fully saturated rings. The highest BCUT2D eigenvalue weighted by Crippen LogP contribution is 2.39. The zero-order valence-electron chi connectivity index (χ0n) is 15.1. The summed E-state index contributed by atoms with van der Waals surface area (Å²) >= 11 is 0. The first-order chi connectivity index (χ1) is 13.1. The zero-order chi connectivity index (χ0) is 19.4. The number of nitrogens with zero attached hydrogens (tertiary/aromatic N) is 3. The van der Waals surface area contributed by atoms with E-state index in [1.807, 2.05) is 0 Å². The predicted octanol–water partition coefficient (Wildman–Crippen LogP) is 1.46. The van der Waals surface area contributed by atoms with Crippen molar-refractivity contribution in [2.75, 3.05) is 26.6 Å². The lowest BCUT2D eigenvalue weighted by Gasteiger charge is -2.14. The second kappa shape index (κ2) is 7.73. The molecule has 0 aliphatic carbocycles. The van der Waals surface area contributed by atoms with Crippen molar-refractivity contribution in [3.8, 4) is 17.2 Å². The fourth-order valence-electron chi connectivity index (χ4n) is 2.62. The lowest BCUT2D eigenvalue weighted by Crippen LogP contribution is -2.30. The highest BCUT2D eigenvalue weighted by atomic mass is 16.5. The number of carbonyl (C=O) groups excluding carboxylic acids is 1. The molecule has 3 aromatic rings. The summed E-state index contributed by atoms with van der Waals surface area (Å²) in [6.45, 7) is -0.284. The molecule has 3 rings (SSSR count). The number of anilines is 1. The van der Waals surface area contributed by atoms with Crippen molar-refractivity contribution in [1.29, 1.82) is 0 Å². The lowest BCUT2D eigenvalue weighted by molar-refractivity contribution is -0.117. The van der Waals surface area contributed by atoms with Gasteiger partial charge in [-0.3, -0.25) is 9.59 Å². The number of amides is 1. The van der Waals surface area contributed by atoms with Crippen LogP contribution in [0.4, 0.5) is 5.69 Å². The molecule has 0 aliphatic heterocycles. The number of fused-ring (bicyclic) bond motifs is 1. The molecule has 0 bridgehead atoms. The Hall–Kier alpha value is -3.62. The van der Waals surface area contributed by atoms with E-state index in [9.17, 15) is 9.59 Å². The molecule has 0 atom stereocenters. The van der Waals surface area contributed by atoms with Crippen LogP contribution in [-0.4, -0.2) is 42.2 Å². The molecule has 0 radical (unpaired) electrons. The van der Waals surface area contributed by atoms with Crippen LogP contribution in [0.1, 0.15) is 0 Å². The van der Waals surface area contributed by atoms with Crippen LogP contribution in [0.15, 0.2) is 41.2 Å². The first-order valence-corrected chi connectivity index (χ1v) is 7.99. The molecule has 0 unspecified atom stereocenters. The van der Waals surface area contributed by atoms with E-state index in [-0.39, 0.29) is 12.1 Å². The van der Waals surface area contributed by atoms with Crippen molar-refractivity contribution in [3.63, 3.8) is 0 Å². The summed E-state index contributed by atoms with van der Waals surface area (Å²) in [7, 11) is 4.45. The average Bonchev–Trinajstić information content (AvgIpc) is 2.69. The first-order valence-electron chi connectivity index (χ1n) is 7.99. The van der Waals surface area contributed by atoms with Crippen LogP contribution in [-0.2, 0) is 11.3 Å². The van der Waals surface area contributed by atoms with Crippen molar-refractivity contribution < 1.29 is 19.0 Å². The Morgan fingerprint density at radius 2 is 1.74 bits per heavy atom. The summed E-state index contributed by atoms with van der Waals surface area (Å²) in [5, 5.41) is 10.8. The van der Waals surface area contributed by atoms with Gasteiger partial charge in [-0.05, 0) is 12.1 Å². The Kier molecular flexibility index (Phi) is 5.20. The first kappa shape index (κ1) is 18.2. The molecule has 27 heavy (non-hydrogen) atoms. The van der Waals surface area contributed by atoms with Gasteiger partial charge in [-0.25, -0.2) is 4.68 Å². The summed E-state index contributed by atoms with van der Waals surface area (Å²) in [6, 6.07) is 10.00. The number of methoxy groups -OCH3 is 3. The number of rotatable bonds is 6. The van der Waals surface area contributed by atoms with E-state index in [2.05, 4.69) is 15.6 Å². The van der Waals surface area contributed by atoms with Gasteiger partial charge >= 0.3 is 0 Å². The third-order valence-electron chi connectivity index (χ3n) is 3.87. The molecule has 1 heterocycles. The normalized spacial score (nSPS) is 10.5. The smallest absolute Gasteiger partial charge is 0.278 e. The molecule has 140 valence electrons. The molecule has 0 spiro atoms. The molecular weight excluding hydrogens is 352 g/mol. The van der Waals surface area contributed by atoms with Gasteiger partial charge in [-0.2, -0.15) is 0 Å². The number of benzene rings is 2. The standard InChI is InChI=1S/C18H18N4O5/c1-25-14-8-11(9-15(26-2)17(14)27-3)19-16(23)10-22-18(24)12-6-4-5-7-13(12)20-21-22/h4-9H,10H2,1-3H3,(H,19,23). The quantitative estimate of drug-likeness (QED) is 0.700. The Morgan fingerprint density at radius 1 is 1.07 bits per heavy atom. The number of hydrogen-bond donors (Lipinski definition) is 1. The summed E-state index contributed by atoms with van der Waals surface area (Å²) < 4.78 is 16.8. The third kappa shape index (κ3) is 3.66. The van der Waals surface area contributed by atoms with Gasteiger partial charge in [-0.1, -0.05) is 17.3 Å². The second-order valence-corrected chi connectivity index (χ2v) is 5.53. The minimum atomic E-state index is -0.448. The Labute approximate surface area is 154 Å². The number of aromatic nitrogens is 3. The molecule has 0 saturated carbocycles. The molecule has 1 amide bonds. The van der Waals surface area contributed by atoms with Gasteiger partial charge in [0.15, 0.2) is 11.5 Å².